The van der Waals surface area contributed by atoms with Gasteiger partial charge in [0.25, 0.3) is 5.89 Å². The van der Waals surface area contributed by atoms with Crippen LogP contribution in [0.15, 0.2) is 34.9 Å². The third-order valence-corrected chi connectivity index (χ3v) is 4.11. The molecule has 1 aromatic carbocycles. The van der Waals surface area contributed by atoms with Gasteiger partial charge in [-0.15, -0.1) is 0 Å². The Morgan fingerprint density at radius 3 is 2.90 bits per heavy atom. The van der Waals surface area contributed by atoms with Gasteiger partial charge in [0, 0.05) is 24.6 Å². The van der Waals surface area contributed by atoms with Gasteiger partial charge in [-0.2, -0.15) is 4.98 Å². The number of rotatable bonds is 3. The molecule has 0 unspecified atom stereocenters. The molecule has 2 aliphatic rings. The van der Waals surface area contributed by atoms with E-state index in [-0.39, 0.29) is 11.9 Å². The maximum Gasteiger partial charge on any atom is 0.310 e. The molecule has 2 aliphatic heterocycles. The van der Waals surface area contributed by atoms with Crippen molar-refractivity contribution in [2.75, 3.05) is 19.7 Å². The molecule has 21 heavy (non-hydrogen) atoms. The van der Waals surface area contributed by atoms with Crippen LogP contribution in [0.4, 0.5) is 0 Å². The number of cyclic esters (lactones) is 1. The van der Waals surface area contributed by atoms with Crippen LogP contribution in [-0.2, 0) is 16.1 Å². The second kappa shape index (κ2) is 4.96. The van der Waals surface area contributed by atoms with Crippen LogP contribution in [0.3, 0.4) is 0 Å². The van der Waals surface area contributed by atoms with Crippen molar-refractivity contribution in [1.29, 1.82) is 0 Å². The molecule has 0 N–H and O–H groups in total. The van der Waals surface area contributed by atoms with E-state index in [1.807, 2.05) is 30.3 Å². The van der Waals surface area contributed by atoms with Gasteiger partial charge < -0.3 is 9.26 Å². The van der Waals surface area contributed by atoms with Crippen molar-refractivity contribution in [3.63, 3.8) is 0 Å². The van der Waals surface area contributed by atoms with Gasteiger partial charge in [-0.3, -0.25) is 9.69 Å². The first-order chi connectivity index (χ1) is 10.3. The fraction of sp³-hybridized carbons (Fsp3) is 0.400. The quantitative estimate of drug-likeness (QED) is 0.793. The molecule has 0 aliphatic carbocycles. The smallest absolute Gasteiger partial charge is 0.310 e. The summed E-state index contributed by atoms with van der Waals surface area (Å²) in [5.41, 5.74) is 0.915. The molecule has 0 spiro atoms. The van der Waals surface area contributed by atoms with Crippen LogP contribution in [0.5, 0.6) is 0 Å². The van der Waals surface area contributed by atoms with E-state index < -0.39 is 0 Å². The number of carbonyl (C=O) groups excluding carboxylic acids is 1. The van der Waals surface area contributed by atoms with Crippen molar-refractivity contribution in [3.05, 3.63) is 36.2 Å². The number of esters is 1. The van der Waals surface area contributed by atoms with E-state index in [1.165, 1.54) is 0 Å². The number of hydrogen-bond donors (Lipinski definition) is 0. The largest absolute Gasteiger partial charge is 0.465 e. The van der Waals surface area contributed by atoms with Crippen molar-refractivity contribution in [1.82, 2.24) is 15.0 Å². The summed E-state index contributed by atoms with van der Waals surface area (Å²) in [5, 5.41) is 4.03. The van der Waals surface area contributed by atoms with Crippen molar-refractivity contribution in [3.8, 4) is 11.5 Å². The summed E-state index contributed by atoms with van der Waals surface area (Å²) in [6.07, 6.45) is 0. The lowest BCUT2D eigenvalue weighted by atomic mass is 10.0. The van der Waals surface area contributed by atoms with E-state index in [0.717, 1.165) is 18.7 Å². The minimum atomic E-state index is -0.0689. The van der Waals surface area contributed by atoms with Gasteiger partial charge in [0.2, 0.25) is 0 Å². The summed E-state index contributed by atoms with van der Waals surface area (Å²) in [7, 11) is 0. The molecule has 2 fully saturated rings. The molecule has 0 radical (unpaired) electrons. The number of fused-ring (bicyclic) bond motifs is 1. The molecule has 2 atom stereocenters. The third-order valence-electron chi connectivity index (χ3n) is 4.11. The van der Waals surface area contributed by atoms with Gasteiger partial charge in [0.05, 0.1) is 19.1 Å². The van der Waals surface area contributed by atoms with E-state index in [1.54, 1.807) is 0 Å². The number of aromatic nitrogens is 2. The molecule has 0 saturated carbocycles. The molecular weight excluding hydrogens is 270 g/mol. The second-order valence-electron chi connectivity index (χ2n) is 5.57. The summed E-state index contributed by atoms with van der Waals surface area (Å²) in [6, 6.07) is 9.70. The minimum absolute atomic E-state index is 0.0190. The third kappa shape index (κ3) is 2.31. The van der Waals surface area contributed by atoms with Gasteiger partial charge in [0.1, 0.15) is 0 Å². The molecule has 1 aromatic heterocycles. The first-order valence-electron chi connectivity index (χ1n) is 7.06. The highest BCUT2D eigenvalue weighted by molar-refractivity contribution is 5.75. The number of ether oxygens (including phenoxy) is 1. The molecule has 0 amide bonds. The van der Waals surface area contributed by atoms with E-state index >= 15 is 0 Å². The van der Waals surface area contributed by atoms with Gasteiger partial charge in [-0.25, -0.2) is 0 Å². The van der Waals surface area contributed by atoms with E-state index in [9.17, 15) is 4.79 Å². The number of hydrogen-bond acceptors (Lipinski definition) is 6. The fourth-order valence-electron chi connectivity index (χ4n) is 3.04. The number of carbonyl (C=O) groups is 1. The van der Waals surface area contributed by atoms with E-state index in [4.69, 9.17) is 9.26 Å². The first kappa shape index (κ1) is 12.5. The summed E-state index contributed by atoms with van der Waals surface area (Å²) in [6.45, 7) is 2.72. The molecule has 3 heterocycles. The molecule has 2 aromatic rings. The Hall–Kier alpha value is -2.21. The zero-order chi connectivity index (χ0) is 14.2. The average Bonchev–Trinajstić information content (AvgIpc) is 3.19. The Kier molecular flexibility index (Phi) is 2.96. The van der Waals surface area contributed by atoms with Gasteiger partial charge in [-0.1, -0.05) is 23.4 Å². The molecular formula is C15H15N3O3. The predicted molar refractivity (Wildman–Crippen MR) is 73.0 cm³/mol. The SMILES string of the molecule is O=C1OC[C@H]2CN(Cc3noc(-c4ccccc4)n3)C[C@@H]12. The van der Waals surface area contributed by atoms with Crippen molar-refractivity contribution >= 4 is 5.97 Å². The number of likely N-dealkylation sites (tertiary alicyclic amines) is 1. The molecule has 6 nitrogen and oxygen atoms in total. The zero-order valence-electron chi connectivity index (χ0n) is 11.4. The van der Waals surface area contributed by atoms with Gasteiger partial charge in [-0.05, 0) is 12.1 Å². The van der Waals surface area contributed by atoms with Crippen molar-refractivity contribution < 1.29 is 14.1 Å². The highest BCUT2D eigenvalue weighted by atomic mass is 16.5. The Labute approximate surface area is 121 Å². The first-order valence-corrected chi connectivity index (χ1v) is 7.06. The normalized spacial score (nSPS) is 25.0. The van der Waals surface area contributed by atoms with Crippen molar-refractivity contribution in [2.45, 2.75) is 6.54 Å². The fourth-order valence-corrected chi connectivity index (χ4v) is 3.04. The lowest BCUT2D eigenvalue weighted by Crippen LogP contribution is -2.24. The maximum atomic E-state index is 11.5. The van der Waals surface area contributed by atoms with Crippen LogP contribution in [0.2, 0.25) is 0 Å². The number of benzene rings is 1. The summed E-state index contributed by atoms with van der Waals surface area (Å²) in [5.74, 6) is 1.45. The zero-order valence-corrected chi connectivity index (χ0v) is 11.4. The lowest BCUT2D eigenvalue weighted by Gasteiger charge is -2.13. The van der Waals surface area contributed by atoms with Crippen LogP contribution in [-0.4, -0.2) is 40.7 Å². The topological polar surface area (TPSA) is 68.5 Å². The molecule has 6 heteroatoms. The van der Waals surface area contributed by atoms with Gasteiger partial charge in [0.15, 0.2) is 5.82 Å². The lowest BCUT2D eigenvalue weighted by molar-refractivity contribution is -0.141. The maximum absolute atomic E-state index is 11.5. The highest BCUT2D eigenvalue weighted by Crippen LogP contribution is 2.31. The molecule has 4 rings (SSSR count). The van der Waals surface area contributed by atoms with Crippen molar-refractivity contribution in [2.24, 2.45) is 11.8 Å². The molecule has 108 valence electrons. The summed E-state index contributed by atoms with van der Waals surface area (Å²) in [4.78, 5) is 18.2. The Bertz CT molecular complexity index is 655. The number of nitrogens with zero attached hydrogens (tertiary/aromatic N) is 3. The minimum Gasteiger partial charge on any atom is -0.465 e. The predicted octanol–water partition coefficient (Wildman–Crippen LogP) is 1.34. The standard InChI is InChI=1S/C15H15N3O3/c19-15-12-7-18(6-11(12)9-20-15)8-13-16-14(21-17-13)10-4-2-1-3-5-10/h1-5,11-12H,6-9H2/t11-,12-/m1/s1. The monoisotopic (exact) mass is 285 g/mol. The molecule has 2 saturated heterocycles. The Morgan fingerprint density at radius 1 is 1.24 bits per heavy atom. The van der Waals surface area contributed by atoms with E-state index in [0.29, 0.717) is 30.8 Å². The van der Waals surface area contributed by atoms with Crippen LogP contribution in [0.25, 0.3) is 11.5 Å². The van der Waals surface area contributed by atoms with Crippen LogP contribution in [0.1, 0.15) is 5.82 Å². The summed E-state index contributed by atoms with van der Waals surface area (Å²) >= 11 is 0. The summed E-state index contributed by atoms with van der Waals surface area (Å²) < 4.78 is 10.4. The van der Waals surface area contributed by atoms with E-state index in [2.05, 4.69) is 15.0 Å². The second-order valence-corrected chi connectivity index (χ2v) is 5.57. The highest BCUT2D eigenvalue weighted by Gasteiger charge is 2.44. The van der Waals surface area contributed by atoms with Crippen LogP contribution >= 0.6 is 0 Å². The molecule has 0 bridgehead atoms. The Morgan fingerprint density at radius 2 is 2.10 bits per heavy atom. The van der Waals surface area contributed by atoms with Gasteiger partial charge >= 0.3 is 5.97 Å². The van der Waals surface area contributed by atoms with Crippen LogP contribution in [0, 0.1) is 11.8 Å². The Balaban J connectivity index is 1.45. The van der Waals surface area contributed by atoms with Crippen LogP contribution < -0.4 is 0 Å². The average molecular weight is 285 g/mol.